The second-order valence-electron chi connectivity index (χ2n) is 8.38. The van der Waals surface area contributed by atoms with Gasteiger partial charge in [-0.2, -0.15) is 0 Å². The molecule has 2 aromatic carbocycles. The lowest BCUT2D eigenvalue weighted by Gasteiger charge is -2.19. The van der Waals surface area contributed by atoms with E-state index >= 15 is 0 Å². The summed E-state index contributed by atoms with van der Waals surface area (Å²) in [6, 6.07) is 18.8. The monoisotopic (exact) mass is 391 g/mol. The van der Waals surface area contributed by atoms with Gasteiger partial charge in [0.25, 0.3) is 0 Å². The van der Waals surface area contributed by atoms with E-state index in [9.17, 15) is 9.59 Å². The van der Waals surface area contributed by atoms with Gasteiger partial charge in [-0.1, -0.05) is 60.2 Å². The number of carbonyl (C=O) groups excluding carboxylic acids is 2. The average molecular weight is 392 g/mol. The predicted molar refractivity (Wildman–Crippen MR) is 113 cm³/mol. The molecule has 2 fully saturated rings. The largest absolute Gasteiger partial charge is 0.352 e. The van der Waals surface area contributed by atoms with Crippen LogP contribution in [-0.2, 0) is 22.7 Å². The van der Waals surface area contributed by atoms with Gasteiger partial charge in [-0.3, -0.25) is 14.5 Å². The summed E-state index contributed by atoms with van der Waals surface area (Å²) in [7, 11) is 0. The lowest BCUT2D eigenvalue weighted by molar-refractivity contribution is -0.129. The van der Waals surface area contributed by atoms with E-state index in [0.29, 0.717) is 19.5 Å². The van der Waals surface area contributed by atoms with Crippen molar-refractivity contribution >= 4 is 11.8 Å². The molecule has 2 heterocycles. The lowest BCUT2D eigenvalue weighted by atomic mass is 10.1. The van der Waals surface area contributed by atoms with Gasteiger partial charge in [0.05, 0.1) is 5.92 Å². The van der Waals surface area contributed by atoms with Crippen molar-refractivity contribution in [1.29, 1.82) is 0 Å². The molecule has 2 atom stereocenters. The third-order valence-electron chi connectivity index (χ3n) is 5.95. The lowest BCUT2D eigenvalue weighted by Crippen LogP contribution is -2.41. The summed E-state index contributed by atoms with van der Waals surface area (Å²) in [5, 5.41) is 3.19. The van der Waals surface area contributed by atoms with Gasteiger partial charge in [-0.15, -0.1) is 0 Å². The Bertz CT molecular complexity index is 850. The fourth-order valence-electron chi connectivity index (χ4n) is 4.27. The fourth-order valence-corrected chi connectivity index (χ4v) is 4.27. The fraction of sp³-hybridized carbons (Fsp3) is 0.417. The van der Waals surface area contributed by atoms with Crippen LogP contribution in [0.3, 0.4) is 0 Å². The van der Waals surface area contributed by atoms with Crippen molar-refractivity contribution in [2.24, 2.45) is 5.92 Å². The third-order valence-corrected chi connectivity index (χ3v) is 5.95. The molecule has 2 amide bonds. The van der Waals surface area contributed by atoms with Crippen LogP contribution in [0.4, 0.5) is 0 Å². The van der Waals surface area contributed by atoms with Gasteiger partial charge in [0.1, 0.15) is 0 Å². The van der Waals surface area contributed by atoms with Crippen molar-refractivity contribution in [2.75, 3.05) is 19.6 Å². The summed E-state index contributed by atoms with van der Waals surface area (Å²) in [5.74, 6) is -0.143. The van der Waals surface area contributed by atoms with Crippen molar-refractivity contribution in [1.82, 2.24) is 15.1 Å². The van der Waals surface area contributed by atoms with Crippen LogP contribution in [0.5, 0.6) is 0 Å². The maximum absolute atomic E-state index is 12.7. The zero-order chi connectivity index (χ0) is 20.2. The topological polar surface area (TPSA) is 52.7 Å². The van der Waals surface area contributed by atoms with Gasteiger partial charge >= 0.3 is 0 Å². The molecule has 2 unspecified atom stereocenters. The Labute approximate surface area is 172 Å². The van der Waals surface area contributed by atoms with E-state index in [1.54, 1.807) is 0 Å². The molecule has 2 saturated heterocycles. The van der Waals surface area contributed by atoms with E-state index in [-0.39, 0.29) is 23.8 Å². The minimum atomic E-state index is -0.240. The molecule has 2 aliphatic heterocycles. The number of amides is 2. The molecule has 0 spiro atoms. The van der Waals surface area contributed by atoms with Crippen LogP contribution in [0.25, 0.3) is 0 Å². The maximum Gasteiger partial charge on any atom is 0.225 e. The zero-order valence-electron chi connectivity index (χ0n) is 17.0. The van der Waals surface area contributed by atoms with Gasteiger partial charge in [-0.25, -0.2) is 0 Å². The first kappa shape index (κ1) is 19.6. The Morgan fingerprint density at radius 1 is 1.00 bits per heavy atom. The highest BCUT2D eigenvalue weighted by Crippen LogP contribution is 2.22. The molecule has 4 rings (SSSR count). The van der Waals surface area contributed by atoms with Gasteiger partial charge in [0.15, 0.2) is 0 Å². The summed E-state index contributed by atoms with van der Waals surface area (Å²) in [5.41, 5.74) is 3.61. The number of nitrogens with zero attached hydrogens (tertiary/aromatic N) is 2. The summed E-state index contributed by atoms with van der Waals surface area (Å²) in [4.78, 5) is 29.3. The van der Waals surface area contributed by atoms with Crippen LogP contribution in [-0.4, -0.2) is 47.3 Å². The van der Waals surface area contributed by atoms with E-state index in [0.717, 1.165) is 31.6 Å². The Morgan fingerprint density at radius 2 is 1.72 bits per heavy atom. The second-order valence-corrected chi connectivity index (χ2v) is 8.38. The Hall–Kier alpha value is -2.66. The molecule has 152 valence electrons. The Balaban J connectivity index is 1.26. The van der Waals surface area contributed by atoms with Crippen LogP contribution < -0.4 is 5.32 Å². The summed E-state index contributed by atoms with van der Waals surface area (Å²) in [6.45, 7) is 5.92. The first-order chi connectivity index (χ1) is 14.1. The number of benzene rings is 2. The standard InChI is InChI=1S/C24H29N3O2/c1-18-7-9-20(10-8-18)15-27-16-21(13-23(27)28)24(29)25-22-11-12-26(17-22)14-19-5-3-2-4-6-19/h2-10,21-22H,11-17H2,1H3,(H,25,29). The van der Waals surface area contributed by atoms with Crippen LogP contribution in [0.1, 0.15) is 29.5 Å². The molecule has 0 aliphatic carbocycles. The van der Waals surface area contributed by atoms with Gasteiger partial charge in [0.2, 0.25) is 11.8 Å². The van der Waals surface area contributed by atoms with Gasteiger partial charge in [0, 0.05) is 45.2 Å². The molecule has 0 aromatic heterocycles. The van der Waals surface area contributed by atoms with Crippen molar-refractivity contribution in [2.45, 2.75) is 38.9 Å². The summed E-state index contributed by atoms with van der Waals surface area (Å²) in [6.07, 6.45) is 1.28. The van der Waals surface area contributed by atoms with Crippen LogP contribution >= 0.6 is 0 Å². The highest BCUT2D eigenvalue weighted by molar-refractivity contribution is 5.89. The van der Waals surface area contributed by atoms with Gasteiger partial charge < -0.3 is 10.2 Å². The number of likely N-dealkylation sites (tertiary alicyclic amines) is 2. The molecule has 29 heavy (non-hydrogen) atoms. The highest BCUT2D eigenvalue weighted by atomic mass is 16.2. The van der Waals surface area contributed by atoms with Crippen molar-refractivity contribution < 1.29 is 9.59 Å². The molecule has 0 radical (unpaired) electrons. The third kappa shape index (κ3) is 5.04. The smallest absolute Gasteiger partial charge is 0.225 e. The number of rotatable bonds is 6. The Morgan fingerprint density at radius 3 is 2.48 bits per heavy atom. The number of aryl methyl sites for hydroxylation is 1. The summed E-state index contributed by atoms with van der Waals surface area (Å²) >= 11 is 0. The van der Waals surface area contributed by atoms with E-state index in [4.69, 9.17) is 0 Å². The summed E-state index contributed by atoms with van der Waals surface area (Å²) < 4.78 is 0. The highest BCUT2D eigenvalue weighted by Gasteiger charge is 2.35. The SMILES string of the molecule is Cc1ccc(CN2CC(C(=O)NC3CCN(Cc4ccccc4)C3)CC2=O)cc1. The van der Waals surface area contributed by atoms with Crippen LogP contribution in [0.15, 0.2) is 54.6 Å². The van der Waals surface area contributed by atoms with Crippen molar-refractivity contribution in [3.63, 3.8) is 0 Å². The number of hydrogen-bond donors (Lipinski definition) is 1. The second kappa shape index (κ2) is 8.78. The maximum atomic E-state index is 12.7. The quantitative estimate of drug-likeness (QED) is 0.824. The molecule has 5 heteroatoms. The van der Waals surface area contributed by atoms with Gasteiger partial charge in [-0.05, 0) is 24.5 Å². The van der Waals surface area contributed by atoms with Crippen LogP contribution in [0, 0.1) is 12.8 Å². The normalized spacial score (nSPS) is 22.2. The van der Waals surface area contributed by atoms with E-state index in [1.165, 1.54) is 11.1 Å². The molecular formula is C24H29N3O2. The van der Waals surface area contributed by atoms with E-state index in [2.05, 4.69) is 65.7 Å². The van der Waals surface area contributed by atoms with E-state index < -0.39 is 0 Å². The minimum absolute atomic E-state index is 0.0244. The van der Waals surface area contributed by atoms with Crippen molar-refractivity contribution in [3.8, 4) is 0 Å². The zero-order valence-corrected chi connectivity index (χ0v) is 17.0. The molecule has 5 nitrogen and oxygen atoms in total. The first-order valence-corrected chi connectivity index (χ1v) is 10.5. The average Bonchev–Trinajstić information content (AvgIpc) is 3.31. The molecular weight excluding hydrogens is 362 g/mol. The minimum Gasteiger partial charge on any atom is -0.352 e. The first-order valence-electron chi connectivity index (χ1n) is 10.5. The number of hydrogen-bond acceptors (Lipinski definition) is 3. The number of carbonyl (C=O) groups is 2. The predicted octanol–water partition coefficient (Wildman–Crippen LogP) is 2.73. The molecule has 0 saturated carbocycles. The number of nitrogens with one attached hydrogen (secondary N) is 1. The Kier molecular flexibility index (Phi) is 5.95. The molecule has 0 bridgehead atoms. The van der Waals surface area contributed by atoms with E-state index in [1.807, 2.05) is 11.0 Å². The molecule has 1 N–H and O–H groups in total. The van der Waals surface area contributed by atoms with Crippen LogP contribution in [0.2, 0.25) is 0 Å². The van der Waals surface area contributed by atoms with Crippen molar-refractivity contribution in [3.05, 3.63) is 71.3 Å². The molecule has 2 aromatic rings. The molecule has 2 aliphatic rings.